The van der Waals surface area contributed by atoms with Crippen LogP contribution in [0.5, 0.6) is 11.6 Å². The van der Waals surface area contributed by atoms with Gasteiger partial charge in [0.25, 0.3) is 0 Å². The molecule has 0 fully saturated rings. The first-order chi connectivity index (χ1) is 8.06. The largest absolute Gasteiger partial charge is 0.436 e. The standard InChI is InChI=1S/C10H4Cl4N2O/c11-5-1-7(13)8(2-6(5)12)17-10-4-15-3-9(14)16-10/h1-4H. The average Bonchev–Trinajstić information content (AvgIpc) is 2.26. The van der Waals surface area contributed by atoms with Crippen LogP contribution in [-0.4, -0.2) is 9.97 Å². The van der Waals surface area contributed by atoms with Crippen molar-refractivity contribution in [1.29, 1.82) is 0 Å². The molecule has 0 aliphatic heterocycles. The molecule has 0 aliphatic carbocycles. The van der Waals surface area contributed by atoms with Gasteiger partial charge in [-0.3, -0.25) is 4.98 Å². The molecule has 0 spiro atoms. The van der Waals surface area contributed by atoms with Crippen LogP contribution >= 0.6 is 46.4 Å². The van der Waals surface area contributed by atoms with E-state index in [2.05, 4.69) is 9.97 Å². The van der Waals surface area contributed by atoms with Crippen molar-refractivity contribution in [1.82, 2.24) is 9.97 Å². The number of hydrogen-bond acceptors (Lipinski definition) is 3. The Balaban J connectivity index is 2.33. The number of ether oxygens (including phenoxy) is 1. The summed E-state index contributed by atoms with van der Waals surface area (Å²) >= 11 is 23.3. The Kier molecular flexibility index (Phi) is 3.94. The highest BCUT2D eigenvalue weighted by Gasteiger charge is 2.09. The zero-order valence-corrected chi connectivity index (χ0v) is 11.1. The van der Waals surface area contributed by atoms with Gasteiger partial charge in [-0.1, -0.05) is 46.4 Å². The average molecular weight is 310 g/mol. The number of hydrogen-bond donors (Lipinski definition) is 0. The van der Waals surface area contributed by atoms with Crippen LogP contribution < -0.4 is 4.74 Å². The lowest BCUT2D eigenvalue weighted by molar-refractivity contribution is 0.460. The molecule has 17 heavy (non-hydrogen) atoms. The van der Waals surface area contributed by atoms with Crippen molar-refractivity contribution in [2.24, 2.45) is 0 Å². The Labute approximate surface area is 117 Å². The van der Waals surface area contributed by atoms with Crippen LogP contribution in [0.25, 0.3) is 0 Å². The van der Waals surface area contributed by atoms with Gasteiger partial charge in [0.15, 0.2) is 5.15 Å². The minimum absolute atomic E-state index is 0.220. The van der Waals surface area contributed by atoms with Crippen molar-refractivity contribution in [2.75, 3.05) is 0 Å². The van der Waals surface area contributed by atoms with Crippen LogP contribution in [0.3, 0.4) is 0 Å². The molecule has 3 nitrogen and oxygen atoms in total. The first-order valence-electron chi connectivity index (χ1n) is 4.36. The minimum atomic E-state index is 0.220. The Morgan fingerprint density at radius 2 is 1.59 bits per heavy atom. The Bertz CT molecular complexity index is 562. The zero-order chi connectivity index (χ0) is 12.4. The van der Waals surface area contributed by atoms with Crippen LogP contribution in [0.2, 0.25) is 20.2 Å². The molecule has 7 heteroatoms. The number of benzene rings is 1. The van der Waals surface area contributed by atoms with E-state index in [0.29, 0.717) is 20.8 Å². The third kappa shape index (κ3) is 3.13. The number of rotatable bonds is 2. The molecular weight excluding hydrogens is 306 g/mol. The molecule has 2 rings (SSSR count). The van der Waals surface area contributed by atoms with Gasteiger partial charge in [-0.25, -0.2) is 0 Å². The molecule has 2 aromatic rings. The van der Waals surface area contributed by atoms with E-state index >= 15 is 0 Å². The van der Waals surface area contributed by atoms with Crippen LogP contribution in [0.4, 0.5) is 0 Å². The first kappa shape index (κ1) is 12.7. The van der Waals surface area contributed by atoms with Gasteiger partial charge in [0.2, 0.25) is 5.88 Å². The molecule has 0 bridgehead atoms. The summed E-state index contributed by atoms with van der Waals surface area (Å²) in [6.45, 7) is 0. The molecule has 1 aromatic heterocycles. The van der Waals surface area contributed by atoms with E-state index < -0.39 is 0 Å². The molecule has 1 aromatic carbocycles. The van der Waals surface area contributed by atoms with Crippen molar-refractivity contribution in [3.8, 4) is 11.6 Å². The van der Waals surface area contributed by atoms with E-state index in [1.54, 1.807) is 0 Å². The predicted octanol–water partition coefficient (Wildman–Crippen LogP) is 4.88. The zero-order valence-electron chi connectivity index (χ0n) is 8.12. The summed E-state index contributed by atoms with van der Waals surface area (Å²) in [5.41, 5.74) is 0. The molecule has 0 saturated carbocycles. The third-order valence-corrected chi connectivity index (χ3v) is 2.97. The molecule has 0 N–H and O–H groups in total. The maximum absolute atomic E-state index is 5.94. The van der Waals surface area contributed by atoms with Gasteiger partial charge >= 0.3 is 0 Å². The molecule has 1 heterocycles. The summed E-state index contributed by atoms with van der Waals surface area (Å²) in [6.07, 6.45) is 2.80. The fourth-order valence-corrected chi connectivity index (χ4v) is 1.78. The summed E-state index contributed by atoms with van der Waals surface area (Å²) in [4.78, 5) is 7.74. The van der Waals surface area contributed by atoms with Crippen molar-refractivity contribution < 1.29 is 4.74 Å². The van der Waals surface area contributed by atoms with Gasteiger partial charge in [-0.05, 0) is 6.07 Å². The SMILES string of the molecule is Clc1cncc(Oc2cc(Cl)c(Cl)cc2Cl)n1. The van der Waals surface area contributed by atoms with Crippen molar-refractivity contribution in [3.63, 3.8) is 0 Å². The number of halogens is 4. The normalized spacial score (nSPS) is 10.4. The van der Waals surface area contributed by atoms with E-state index in [1.165, 1.54) is 24.5 Å². The van der Waals surface area contributed by atoms with Crippen molar-refractivity contribution >= 4 is 46.4 Å². The Morgan fingerprint density at radius 3 is 2.29 bits per heavy atom. The van der Waals surface area contributed by atoms with Crippen LogP contribution in [0, 0.1) is 0 Å². The lowest BCUT2D eigenvalue weighted by Gasteiger charge is -2.07. The quantitative estimate of drug-likeness (QED) is 0.741. The number of nitrogens with zero attached hydrogens (tertiary/aromatic N) is 2. The number of aromatic nitrogens is 2. The third-order valence-electron chi connectivity index (χ3n) is 1.77. The second kappa shape index (κ2) is 5.27. The first-order valence-corrected chi connectivity index (χ1v) is 5.87. The molecule has 0 unspecified atom stereocenters. The Hall–Kier alpha value is -0.740. The van der Waals surface area contributed by atoms with Gasteiger partial charge in [-0.2, -0.15) is 4.98 Å². The van der Waals surface area contributed by atoms with Gasteiger partial charge < -0.3 is 4.74 Å². The summed E-state index contributed by atoms with van der Waals surface area (Å²) in [6, 6.07) is 2.98. The summed E-state index contributed by atoms with van der Waals surface area (Å²) in [5.74, 6) is 0.551. The highest BCUT2D eigenvalue weighted by molar-refractivity contribution is 6.43. The highest BCUT2D eigenvalue weighted by Crippen LogP contribution is 2.35. The van der Waals surface area contributed by atoms with Gasteiger partial charge in [0, 0.05) is 6.07 Å². The van der Waals surface area contributed by atoms with Crippen LogP contribution in [0.15, 0.2) is 24.5 Å². The highest BCUT2D eigenvalue weighted by atomic mass is 35.5. The van der Waals surface area contributed by atoms with Crippen molar-refractivity contribution in [3.05, 3.63) is 44.7 Å². The lowest BCUT2D eigenvalue weighted by atomic mass is 10.3. The fourth-order valence-electron chi connectivity index (χ4n) is 1.07. The molecule has 0 radical (unpaired) electrons. The molecule has 0 saturated heterocycles. The van der Waals surface area contributed by atoms with E-state index in [0.717, 1.165) is 0 Å². The van der Waals surface area contributed by atoms with Crippen LogP contribution in [-0.2, 0) is 0 Å². The summed E-state index contributed by atoms with van der Waals surface area (Å²) in [7, 11) is 0. The topological polar surface area (TPSA) is 35.0 Å². The minimum Gasteiger partial charge on any atom is -0.436 e. The van der Waals surface area contributed by atoms with Crippen LogP contribution in [0.1, 0.15) is 0 Å². The van der Waals surface area contributed by atoms with E-state index in [9.17, 15) is 0 Å². The smallest absolute Gasteiger partial charge is 0.239 e. The summed E-state index contributed by atoms with van der Waals surface area (Å²) in [5, 5.41) is 1.22. The Morgan fingerprint density at radius 1 is 0.882 bits per heavy atom. The molecular formula is C10H4Cl4N2O. The monoisotopic (exact) mass is 308 g/mol. The van der Waals surface area contributed by atoms with Gasteiger partial charge in [0.05, 0.1) is 27.5 Å². The van der Waals surface area contributed by atoms with Gasteiger partial charge in [-0.15, -0.1) is 0 Å². The van der Waals surface area contributed by atoms with E-state index in [1.807, 2.05) is 0 Å². The molecule has 0 atom stereocenters. The summed E-state index contributed by atoms with van der Waals surface area (Å²) < 4.78 is 5.39. The second-order valence-electron chi connectivity index (χ2n) is 2.98. The maximum Gasteiger partial charge on any atom is 0.239 e. The van der Waals surface area contributed by atoms with E-state index in [4.69, 9.17) is 51.1 Å². The molecule has 0 amide bonds. The van der Waals surface area contributed by atoms with Crippen molar-refractivity contribution in [2.45, 2.75) is 0 Å². The van der Waals surface area contributed by atoms with Gasteiger partial charge in [0.1, 0.15) is 5.75 Å². The van der Waals surface area contributed by atoms with E-state index in [-0.39, 0.29) is 11.0 Å². The lowest BCUT2D eigenvalue weighted by Crippen LogP contribution is -1.90. The predicted molar refractivity (Wildman–Crippen MR) is 68.6 cm³/mol. The molecule has 88 valence electrons. The second-order valence-corrected chi connectivity index (χ2v) is 4.59. The maximum atomic E-state index is 5.94. The fraction of sp³-hybridized carbons (Fsp3) is 0. The molecule has 0 aliphatic rings.